The lowest BCUT2D eigenvalue weighted by Crippen LogP contribution is -2.36. The smallest absolute Gasteiger partial charge is 0.230 e. The Morgan fingerprint density at radius 2 is 2.32 bits per heavy atom. The molecule has 0 bridgehead atoms. The molecule has 2 heterocycles. The van der Waals surface area contributed by atoms with Crippen molar-refractivity contribution in [2.24, 2.45) is 0 Å². The predicted molar refractivity (Wildman–Crippen MR) is 112 cm³/mol. The van der Waals surface area contributed by atoms with Gasteiger partial charge in [-0.15, -0.1) is 11.3 Å². The van der Waals surface area contributed by atoms with Gasteiger partial charge in [0.2, 0.25) is 5.91 Å². The topological polar surface area (TPSA) is 77.5 Å². The Morgan fingerprint density at radius 1 is 1.46 bits per heavy atom. The van der Waals surface area contributed by atoms with Crippen LogP contribution in [-0.4, -0.2) is 47.8 Å². The summed E-state index contributed by atoms with van der Waals surface area (Å²) in [5, 5.41) is 2.99. The van der Waals surface area contributed by atoms with E-state index < -0.39 is 0 Å². The number of thioether (sulfide) groups is 1. The summed E-state index contributed by atoms with van der Waals surface area (Å²) in [6.07, 6.45) is 2.12. The lowest BCUT2D eigenvalue weighted by Gasteiger charge is -2.14. The third-order valence-electron chi connectivity index (χ3n) is 4.51. The van der Waals surface area contributed by atoms with E-state index in [-0.39, 0.29) is 23.8 Å². The molecule has 2 aromatic rings. The average Bonchev–Trinajstić information content (AvgIpc) is 3.31. The summed E-state index contributed by atoms with van der Waals surface area (Å²) in [7, 11) is 0. The van der Waals surface area contributed by atoms with Gasteiger partial charge in [0.1, 0.15) is 5.78 Å². The Hall–Kier alpha value is -1.48. The van der Waals surface area contributed by atoms with Gasteiger partial charge in [-0.05, 0) is 37.5 Å². The summed E-state index contributed by atoms with van der Waals surface area (Å²) < 4.78 is 13.1. The molecule has 6 nitrogen and oxygen atoms in total. The van der Waals surface area contributed by atoms with Crippen molar-refractivity contribution in [3.8, 4) is 0 Å². The van der Waals surface area contributed by atoms with Crippen molar-refractivity contribution < 1.29 is 19.1 Å². The van der Waals surface area contributed by atoms with Crippen LogP contribution in [-0.2, 0) is 25.7 Å². The fourth-order valence-corrected chi connectivity index (χ4v) is 4.94. The molecule has 1 aliphatic heterocycles. The zero-order valence-corrected chi connectivity index (χ0v) is 17.9. The number of rotatable bonds is 10. The summed E-state index contributed by atoms with van der Waals surface area (Å²) in [6, 6.07) is 6.20. The SMILES string of the molecule is CCC(CC(C)=O)OCc1ccc2nc(SCC(=O)NC3CCOC3)sc2c1. The number of amides is 1. The van der Waals surface area contributed by atoms with Crippen LogP contribution in [0, 0.1) is 0 Å². The van der Waals surface area contributed by atoms with Crippen LogP contribution >= 0.6 is 23.1 Å². The van der Waals surface area contributed by atoms with Gasteiger partial charge in [0.25, 0.3) is 0 Å². The molecule has 1 aliphatic rings. The summed E-state index contributed by atoms with van der Waals surface area (Å²) in [5.74, 6) is 0.524. The van der Waals surface area contributed by atoms with E-state index in [1.807, 2.05) is 19.1 Å². The predicted octanol–water partition coefficient (Wildman–Crippen LogP) is 3.57. The summed E-state index contributed by atoms with van der Waals surface area (Å²) in [6.45, 7) is 5.42. The van der Waals surface area contributed by atoms with Gasteiger partial charge in [-0.25, -0.2) is 4.98 Å². The van der Waals surface area contributed by atoms with Crippen molar-refractivity contribution >= 4 is 45.0 Å². The van der Waals surface area contributed by atoms with Crippen molar-refractivity contribution in [3.63, 3.8) is 0 Å². The molecular weight excluding hydrogens is 396 g/mol. The fourth-order valence-electron chi connectivity index (χ4n) is 3.00. The van der Waals surface area contributed by atoms with Gasteiger partial charge in [0.15, 0.2) is 4.34 Å². The first-order valence-corrected chi connectivity index (χ1v) is 11.3. The summed E-state index contributed by atoms with van der Waals surface area (Å²) in [4.78, 5) is 27.9. The average molecular weight is 423 g/mol. The van der Waals surface area contributed by atoms with E-state index in [0.717, 1.165) is 39.6 Å². The van der Waals surface area contributed by atoms with Gasteiger partial charge < -0.3 is 14.8 Å². The van der Waals surface area contributed by atoms with E-state index in [2.05, 4.69) is 16.4 Å². The molecule has 0 aliphatic carbocycles. The Bertz CT molecular complexity index is 818. The minimum Gasteiger partial charge on any atom is -0.379 e. The number of hydrogen-bond donors (Lipinski definition) is 1. The molecule has 0 radical (unpaired) electrons. The van der Waals surface area contributed by atoms with Gasteiger partial charge in [0, 0.05) is 13.0 Å². The van der Waals surface area contributed by atoms with Gasteiger partial charge in [-0.1, -0.05) is 24.8 Å². The van der Waals surface area contributed by atoms with Crippen LogP contribution in [0.15, 0.2) is 22.5 Å². The highest BCUT2D eigenvalue weighted by Gasteiger charge is 2.18. The number of thiazole rings is 1. The number of nitrogens with one attached hydrogen (secondary N) is 1. The molecule has 28 heavy (non-hydrogen) atoms. The van der Waals surface area contributed by atoms with Crippen LogP contribution in [0.25, 0.3) is 10.2 Å². The molecule has 1 aromatic carbocycles. The number of hydrogen-bond acceptors (Lipinski definition) is 7. The highest BCUT2D eigenvalue weighted by molar-refractivity contribution is 8.01. The molecule has 1 aromatic heterocycles. The zero-order valence-electron chi connectivity index (χ0n) is 16.2. The van der Waals surface area contributed by atoms with Crippen LogP contribution in [0.2, 0.25) is 0 Å². The van der Waals surface area contributed by atoms with Gasteiger partial charge in [0.05, 0.1) is 41.3 Å². The van der Waals surface area contributed by atoms with Crippen LogP contribution in [0.5, 0.6) is 0 Å². The number of Topliss-reactive ketones (excluding diaryl/α,β-unsaturated/α-hetero) is 1. The van der Waals surface area contributed by atoms with E-state index in [4.69, 9.17) is 9.47 Å². The number of carbonyl (C=O) groups excluding carboxylic acids is 2. The number of carbonyl (C=O) groups is 2. The molecule has 2 atom stereocenters. The summed E-state index contributed by atoms with van der Waals surface area (Å²) in [5.41, 5.74) is 1.99. The molecule has 8 heteroatoms. The second kappa shape index (κ2) is 10.3. The lowest BCUT2D eigenvalue weighted by molar-refractivity contribution is -0.120. The number of aromatic nitrogens is 1. The second-order valence-electron chi connectivity index (χ2n) is 6.95. The molecule has 0 saturated carbocycles. The normalized spacial score (nSPS) is 17.7. The molecule has 152 valence electrons. The maximum absolute atomic E-state index is 12.0. The largest absolute Gasteiger partial charge is 0.379 e. The first-order chi connectivity index (χ1) is 13.5. The van der Waals surface area contributed by atoms with Crippen molar-refractivity contribution in [3.05, 3.63) is 23.8 Å². The highest BCUT2D eigenvalue weighted by Crippen LogP contribution is 2.30. The van der Waals surface area contributed by atoms with Crippen LogP contribution in [0.1, 0.15) is 38.7 Å². The lowest BCUT2D eigenvalue weighted by atomic mass is 10.1. The maximum atomic E-state index is 12.0. The zero-order chi connectivity index (χ0) is 19.9. The molecule has 1 saturated heterocycles. The third kappa shape index (κ3) is 6.27. The Morgan fingerprint density at radius 3 is 3.04 bits per heavy atom. The molecular formula is C20H26N2O4S2. The molecule has 2 unspecified atom stereocenters. The number of ether oxygens (including phenoxy) is 2. The van der Waals surface area contributed by atoms with E-state index in [0.29, 0.717) is 25.4 Å². The molecule has 1 N–H and O–H groups in total. The third-order valence-corrected chi connectivity index (χ3v) is 6.67. The van der Waals surface area contributed by atoms with E-state index in [9.17, 15) is 9.59 Å². The van der Waals surface area contributed by atoms with Crippen LogP contribution < -0.4 is 5.32 Å². The Labute approximate surface area is 173 Å². The number of benzene rings is 1. The second-order valence-corrected chi connectivity index (χ2v) is 9.20. The minimum atomic E-state index is -0.0374. The Balaban J connectivity index is 1.53. The summed E-state index contributed by atoms with van der Waals surface area (Å²) >= 11 is 3.04. The Kier molecular flexibility index (Phi) is 7.84. The minimum absolute atomic E-state index is 0.0184. The van der Waals surface area contributed by atoms with E-state index in [1.54, 1.807) is 18.3 Å². The molecule has 1 fully saturated rings. The van der Waals surface area contributed by atoms with Crippen molar-refractivity contribution in [1.82, 2.24) is 10.3 Å². The first-order valence-electron chi connectivity index (χ1n) is 9.54. The highest BCUT2D eigenvalue weighted by atomic mass is 32.2. The molecule has 1 amide bonds. The van der Waals surface area contributed by atoms with Crippen molar-refractivity contribution in [2.75, 3.05) is 19.0 Å². The standard InChI is InChI=1S/C20H26N2O4S2/c1-3-16(8-13(2)23)26-10-14-4-5-17-18(9-14)28-20(22-17)27-12-19(24)21-15-6-7-25-11-15/h4-5,9,15-16H,3,6-8,10-12H2,1-2H3,(H,21,24). The van der Waals surface area contributed by atoms with E-state index in [1.165, 1.54) is 11.8 Å². The van der Waals surface area contributed by atoms with Gasteiger partial charge in [-0.3, -0.25) is 9.59 Å². The molecule has 0 spiro atoms. The monoisotopic (exact) mass is 422 g/mol. The van der Waals surface area contributed by atoms with Crippen LogP contribution in [0.3, 0.4) is 0 Å². The number of fused-ring (bicyclic) bond motifs is 1. The van der Waals surface area contributed by atoms with Gasteiger partial charge >= 0.3 is 0 Å². The quantitative estimate of drug-likeness (QED) is 0.590. The first kappa shape index (κ1) is 21.2. The number of ketones is 1. The number of nitrogens with zero attached hydrogens (tertiary/aromatic N) is 1. The van der Waals surface area contributed by atoms with Crippen LogP contribution in [0.4, 0.5) is 0 Å². The fraction of sp³-hybridized carbons (Fsp3) is 0.550. The van der Waals surface area contributed by atoms with Crippen molar-refractivity contribution in [2.45, 2.75) is 56.2 Å². The van der Waals surface area contributed by atoms with Gasteiger partial charge in [-0.2, -0.15) is 0 Å². The molecule has 3 rings (SSSR count). The van der Waals surface area contributed by atoms with E-state index >= 15 is 0 Å². The van der Waals surface area contributed by atoms with Crippen molar-refractivity contribution in [1.29, 1.82) is 0 Å². The maximum Gasteiger partial charge on any atom is 0.230 e.